The van der Waals surface area contributed by atoms with Crippen LogP contribution in [-0.2, 0) is 5.75 Å². The Labute approximate surface area is 127 Å². The topological polar surface area (TPSA) is 38.9 Å². The van der Waals surface area contributed by atoms with Crippen LogP contribution >= 0.6 is 11.8 Å². The van der Waals surface area contributed by atoms with Crippen LogP contribution in [0.5, 0.6) is 0 Å². The van der Waals surface area contributed by atoms with Gasteiger partial charge in [0.1, 0.15) is 5.82 Å². The van der Waals surface area contributed by atoms with Gasteiger partial charge in [0.25, 0.3) is 0 Å². The van der Waals surface area contributed by atoms with Gasteiger partial charge in [0.05, 0.1) is 5.52 Å². The monoisotopic (exact) mass is 298 g/mol. The number of rotatable bonds is 3. The van der Waals surface area contributed by atoms with Gasteiger partial charge in [0.15, 0.2) is 0 Å². The fourth-order valence-corrected chi connectivity index (χ4v) is 3.19. The number of halogens is 1. The van der Waals surface area contributed by atoms with Crippen molar-refractivity contribution in [2.45, 2.75) is 17.6 Å². The molecule has 2 nitrogen and oxygen atoms in total. The van der Waals surface area contributed by atoms with E-state index in [-0.39, 0.29) is 5.82 Å². The molecule has 2 aromatic carbocycles. The lowest BCUT2D eigenvalue weighted by Gasteiger charge is -2.08. The Hall–Kier alpha value is -2.07. The summed E-state index contributed by atoms with van der Waals surface area (Å²) in [5.74, 6) is 0.520. The van der Waals surface area contributed by atoms with Crippen molar-refractivity contribution in [2.24, 2.45) is 0 Å². The Kier molecular flexibility index (Phi) is 3.80. The maximum atomic E-state index is 13.8. The SMILES string of the molecule is Cc1cc(SCc2ccc(F)c3cccnc23)ccc1N. The summed E-state index contributed by atoms with van der Waals surface area (Å²) in [4.78, 5) is 5.46. The van der Waals surface area contributed by atoms with E-state index < -0.39 is 0 Å². The molecule has 4 heteroatoms. The Morgan fingerprint density at radius 3 is 2.86 bits per heavy atom. The number of aromatic nitrogens is 1. The number of nitrogens with two attached hydrogens (primary N) is 1. The molecule has 0 fully saturated rings. The van der Waals surface area contributed by atoms with Gasteiger partial charge >= 0.3 is 0 Å². The smallest absolute Gasteiger partial charge is 0.132 e. The first-order valence-electron chi connectivity index (χ1n) is 6.66. The molecule has 0 unspecified atom stereocenters. The second-order valence-electron chi connectivity index (χ2n) is 4.91. The minimum atomic E-state index is -0.227. The number of pyridine rings is 1. The van der Waals surface area contributed by atoms with Crippen molar-refractivity contribution >= 4 is 28.4 Å². The maximum Gasteiger partial charge on any atom is 0.132 e. The van der Waals surface area contributed by atoms with Gasteiger partial charge in [0.2, 0.25) is 0 Å². The molecule has 3 aromatic rings. The largest absolute Gasteiger partial charge is 0.399 e. The molecule has 0 saturated heterocycles. The van der Waals surface area contributed by atoms with E-state index in [2.05, 4.69) is 11.1 Å². The molecule has 1 heterocycles. The number of anilines is 1. The van der Waals surface area contributed by atoms with Gasteiger partial charge in [-0.3, -0.25) is 4.98 Å². The molecule has 0 aliphatic rings. The summed E-state index contributed by atoms with van der Waals surface area (Å²) < 4.78 is 13.8. The molecule has 0 radical (unpaired) electrons. The van der Waals surface area contributed by atoms with Gasteiger partial charge in [-0.1, -0.05) is 6.07 Å². The zero-order chi connectivity index (χ0) is 14.8. The highest BCUT2D eigenvalue weighted by atomic mass is 32.2. The molecule has 0 aliphatic carbocycles. The molecule has 21 heavy (non-hydrogen) atoms. The van der Waals surface area contributed by atoms with Crippen molar-refractivity contribution in [3.05, 3.63) is 65.6 Å². The fourth-order valence-electron chi connectivity index (χ4n) is 2.21. The van der Waals surface area contributed by atoms with E-state index in [9.17, 15) is 4.39 Å². The summed E-state index contributed by atoms with van der Waals surface area (Å²) in [5.41, 5.74) is 9.46. The van der Waals surface area contributed by atoms with Crippen LogP contribution in [0.2, 0.25) is 0 Å². The number of nitrogen functional groups attached to an aromatic ring is 1. The number of thioether (sulfide) groups is 1. The first-order chi connectivity index (χ1) is 10.1. The number of hydrogen-bond donors (Lipinski definition) is 1. The highest BCUT2D eigenvalue weighted by Crippen LogP contribution is 2.29. The van der Waals surface area contributed by atoms with Gasteiger partial charge < -0.3 is 5.73 Å². The van der Waals surface area contributed by atoms with Gasteiger partial charge in [-0.05, 0) is 54.4 Å². The lowest BCUT2D eigenvalue weighted by Crippen LogP contribution is -1.91. The molecule has 0 bridgehead atoms. The van der Waals surface area contributed by atoms with Gasteiger partial charge in [-0.15, -0.1) is 11.8 Å². The molecule has 0 atom stereocenters. The fraction of sp³-hybridized carbons (Fsp3) is 0.118. The highest BCUT2D eigenvalue weighted by Gasteiger charge is 2.07. The van der Waals surface area contributed by atoms with E-state index in [1.165, 1.54) is 6.07 Å². The zero-order valence-corrected chi connectivity index (χ0v) is 12.5. The third-order valence-electron chi connectivity index (χ3n) is 3.44. The van der Waals surface area contributed by atoms with E-state index >= 15 is 0 Å². The first kappa shape index (κ1) is 13.9. The lowest BCUT2D eigenvalue weighted by molar-refractivity contribution is 0.639. The Morgan fingerprint density at radius 1 is 1.19 bits per heavy atom. The summed E-state index contributed by atoms with van der Waals surface area (Å²) in [5, 5.41) is 0.573. The van der Waals surface area contributed by atoms with Crippen molar-refractivity contribution < 1.29 is 4.39 Å². The van der Waals surface area contributed by atoms with Crippen molar-refractivity contribution in [3.63, 3.8) is 0 Å². The number of hydrogen-bond acceptors (Lipinski definition) is 3. The van der Waals surface area contributed by atoms with Gasteiger partial charge in [0, 0.05) is 27.9 Å². The molecule has 0 aliphatic heterocycles. The van der Waals surface area contributed by atoms with Crippen LogP contribution in [-0.4, -0.2) is 4.98 Å². The summed E-state index contributed by atoms with van der Waals surface area (Å²) in [6.07, 6.45) is 1.70. The van der Waals surface area contributed by atoms with E-state index in [0.717, 1.165) is 33.0 Å². The normalized spacial score (nSPS) is 11.0. The maximum absolute atomic E-state index is 13.8. The molecule has 0 saturated carbocycles. The highest BCUT2D eigenvalue weighted by molar-refractivity contribution is 7.98. The quantitative estimate of drug-likeness (QED) is 0.569. The second kappa shape index (κ2) is 5.74. The van der Waals surface area contributed by atoms with Crippen LogP contribution in [0.3, 0.4) is 0 Å². The predicted octanol–water partition coefficient (Wildman–Crippen LogP) is 4.56. The van der Waals surface area contributed by atoms with Crippen LogP contribution in [0, 0.1) is 12.7 Å². The molecule has 0 amide bonds. The van der Waals surface area contributed by atoms with Crippen LogP contribution < -0.4 is 5.73 Å². The van der Waals surface area contributed by atoms with Crippen molar-refractivity contribution in [2.75, 3.05) is 5.73 Å². The summed E-state index contributed by atoms with van der Waals surface area (Å²) in [6, 6.07) is 12.8. The standard InChI is InChI=1S/C17H15FN2S/c1-11-9-13(5-7-16(11)19)21-10-12-4-6-15(18)14-3-2-8-20-17(12)14/h2-9H,10,19H2,1H3. The van der Waals surface area contributed by atoms with Crippen molar-refractivity contribution in [1.29, 1.82) is 0 Å². The van der Waals surface area contributed by atoms with Crippen LogP contribution in [0.15, 0.2) is 53.6 Å². The minimum absolute atomic E-state index is 0.227. The van der Waals surface area contributed by atoms with Gasteiger partial charge in [-0.25, -0.2) is 4.39 Å². The average molecular weight is 298 g/mol. The number of fused-ring (bicyclic) bond motifs is 1. The Balaban J connectivity index is 1.88. The second-order valence-corrected chi connectivity index (χ2v) is 5.96. The molecular weight excluding hydrogens is 283 g/mol. The lowest BCUT2D eigenvalue weighted by atomic mass is 10.1. The summed E-state index contributed by atoms with van der Waals surface area (Å²) in [6.45, 7) is 1.99. The third-order valence-corrected chi connectivity index (χ3v) is 4.48. The van der Waals surface area contributed by atoms with Crippen molar-refractivity contribution in [3.8, 4) is 0 Å². The van der Waals surface area contributed by atoms with E-state index in [1.807, 2.05) is 25.1 Å². The number of aryl methyl sites for hydroxylation is 1. The van der Waals surface area contributed by atoms with E-state index in [1.54, 1.807) is 30.1 Å². The molecule has 3 rings (SSSR count). The van der Waals surface area contributed by atoms with Crippen LogP contribution in [0.4, 0.5) is 10.1 Å². The average Bonchev–Trinajstić information content (AvgIpc) is 2.50. The third kappa shape index (κ3) is 2.85. The molecule has 1 aromatic heterocycles. The number of benzene rings is 2. The van der Waals surface area contributed by atoms with Gasteiger partial charge in [-0.2, -0.15) is 0 Å². The zero-order valence-electron chi connectivity index (χ0n) is 11.6. The molecule has 0 spiro atoms. The minimum Gasteiger partial charge on any atom is -0.399 e. The summed E-state index contributed by atoms with van der Waals surface area (Å²) in [7, 11) is 0. The molecular formula is C17H15FN2S. The Bertz CT molecular complexity index is 802. The predicted molar refractivity (Wildman–Crippen MR) is 86.9 cm³/mol. The first-order valence-corrected chi connectivity index (χ1v) is 7.65. The molecule has 106 valence electrons. The van der Waals surface area contributed by atoms with E-state index in [0.29, 0.717) is 5.39 Å². The number of nitrogens with zero attached hydrogens (tertiary/aromatic N) is 1. The van der Waals surface area contributed by atoms with Crippen LogP contribution in [0.1, 0.15) is 11.1 Å². The van der Waals surface area contributed by atoms with Crippen LogP contribution in [0.25, 0.3) is 10.9 Å². The Morgan fingerprint density at radius 2 is 2.05 bits per heavy atom. The van der Waals surface area contributed by atoms with Crippen molar-refractivity contribution in [1.82, 2.24) is 4.98 Å². The molecule has 2 N–H and O–H groups in total. The van der Waals surface area contributed by atoms with E-state index in [4.69, 9.17) is 5.73 Å². The summed E-state index contributed by atoms with van der Waals surface area (Å²) >= 11 is 1.70.